The van der Waals surface area contributed by atoms with Gasteiger partial charge in [-0.05, 0) is 56.0 Å². The third kappa shape index (κ3) is 6.09. The number of nitrogens with one attached hydrogen (secondary N) is 1. The van der Waals surface area contributed by atoms with Crippen molar-refractivity contribution in [1.82, 2.24) is 10.3 Å². The van der Waals surface area contributed by atoms with E-state index in [0.29, 0.717) is 11.3 Å². The van der Waals surface area contributed by atoms with E-state index in [4.69, 9.17) is 0 Å². The highest BCUT2D eigenvalue weighted by Crippen LogP contribution is 2.34. The number of benzene rings is 1. The van der Waals surface area contributed by atoms with Gasteiger partial charge >= 0.3 is 6.18 Å². The Kier molecular flexibility index (Phi) is 7.39. The number of hydrogen-bond acceptors (Lipinski definition) is 5. The number of rotatable bonds is 6. The molecule has 0 spiro atoms. The van der Waals surface area contributed by atoms with Gasteiger partial charge in [-0.15, -0.1) is 0 Å². The van der Waals surface area contributed by atoms with Gasteiger partial charge in [-0.2, -0.15) is 13.2 Å². The number of carbonyl (C=O) groups excluding carboxylic acids is 1. The maximum atomic E-state index is 13.3. The van der Waals surface area contributed by atoms with Gasteiger partial charge in [0.25, 0.3) is 5.91 Å². The quantitative estimate of drug-likeness (QED) is 0.688. The Balaban J connectivity index is 1.62. The summed E-state index contributed by atoms with van der Waals surface area (Å²) in [4.78, 5) is 21.8. The Morgan fingerprint density at radius 1 is 0.909 bits per heavy atom. The number of nitrogens with zero attached hydrogens (tertiary/aromatic N) is 4. The highest BCUT2D eigenvalue weighted by Gasteiger charge is 2.34. The minimum Gasteiger partial charge on any atom is -0.378 e. The summed E-state index contributed by atoms with van der Waals surface area (Å²) < 4.78 is 40.0. The second-order valence-electron chi connectivity index (χ2n) is 8.99. The van der Waals surface area contributed by atoms with Gasteiger partial charge in [0.2, 0.25) is 0 Å². The topological polar surface area (TPSA) is 51.7 Å². The van der Waals surface area contributed by atoms with Gasteiger partial charge in [-0.25, -0.2) is 4.98 Å². The molecule has 2 aromatic rings. The normalized spacial score (nSPS) is 18.5. The van der Waals surface area contributed by atoms with Crippen LogP contribution in [0.2, 0.25) is 0 Å². The van der Waals surface area contributed by atoms with Crippen LogP contribution in [0.4, 0.5) is 30.4 Å². The molecule has 1 aromatic heterocycles. The minimum absolute atomic E-state index is 0.0520. The average molecular weight is 464 g/mol. The Morgan fingerprint density at radius 2 is 1.52 bits per heavy atom. The lowest BCUT2D eigenvalue weighted by atomic mass is 9.90. The van der Waals surface area contributed by atoms with Crippen molar-refractivity contribution in [2.45, 2.75) is 43.9 Å². The molecule has 0 atom stereocenters. The second-order valence-corrected chi connectivity index (χ2v) is 8.99. The molecule has 1 saturated carbocycles. The van der Waals surface area contributed by atoms with Gasteiger partial charge in [0.1, 0.15) is 11.5 Å². The molecule has 1 aromatic carbocycles. The summed E-state index contributed by atoms with van der Waals surface area (Å²) in [5.74, 6) is 0.171. The summed E-state index contributed by atoms with van der Waals surface area (Å²) >= 11 is 0. The molecule has 3 rings (SSSR count). The fourth-order valence-corrected chi connectivity index (χ4v) is 4.08. The van der Waals surface area contributed by atoms with Gasteiger partial charge in [0, 0.05) is 70.3 Å². The molecule has 6 nitrogen and oxygen atoms in total. The molecule has 0 unspecified atom stereocenters. The van der Waals surface area contributed by atoms with E-state index in [1.165, 1.54) is 0 Å². The summed E-state index contributed by atoms with van der Waals surface area (Å²) in [7, 11) is 9.07. The summed E-state index contributed by atoms with van der Waals surface area (Å²) in [5, 5.41) is 3.10. The summed E-state index contributed by atoms with van der Waals surface area (Å²) in [6.07, 6.45) is -1.40. The third-order valence-electron chi connectivity index (χ3n) is 6.18. The van der Waals surface area contributed by atoms with Crippen LogP contribution in [0.5, 0.6) is 0 Å². The lowest BCUT2D eigenvalue weighted by Crippen LogP contribution is -2.43. The van der Waals surface area contributed by atoms with Crippen molar-refractivity contribution >= 4 is 23.1 Å². The van der Waals surface area contributed by atoms with Crippen LogP contribution >= 0.6 is 0 Å². The molecule has 1 N–H and O–H groups in total. The van der Waals surface area contributed by atoms with Crippen molar-refractivity contribution < 1.29 is 18.0 Å². The molecule has 1 aliphatic rings. The Labute approximate surface area is 193 Å². The fourth-order valence-electron chi connectivity index (χ4n) is 4.08. The third-order valence-corrected chi connectivity index (χ3v) is 6.18. The van der Waals surface area contributed by atoms with E-state index < -0.39 is 11.9 Å². The molecule has 1 amide bonds. The molecule has 0 bridgehead atoms. The van der Waals surface area contributed by atoms with Crippen LogP contribution in [-0.2, 0) is 6.18 Å². The molecule has 180 valence electrons. The van der Waals surface area contributed by atoms with E-state index in [9.17, 15) is 18.0 Å². The van der Waals surface area contributed by atoms with Crippen LogP contribution in [0.15, 0.2) is 36.4 Å². The van der Waals surface area contributed by atoms with E-state index in [2.05, 4.69) is 10.3 Å². The molecule has 9 heteroatoms. The van der Waals surface area contributed by atoms with Crippen LogP contribution in [0.3, 0.4) is 0 Å². The van der Waals surface area contributed by atoms with Crippen molar-refractivity contribution in [1.29, 1.82) is 0 Å². The molecular formula is C24H32F3N5O. The first-order valence-electron chi connectivity index (χ1n) is 11.0. The lowest BCUT2D eigenvalue weighted by molar-refractivity contribution is -0.141. The van der Waals surface area contributed by atoms with Crippen molar-refractivity contribution in [3.63, 3.8) is 0 Å². The van der Waals surface area contributed by atoms with Gasteiger partial charge in [0.05, 0.1) is 0 Å². The van der Waals surface area contributed by atoms with Gasteiger partial charge in [-0.1, -0.05) is 0 Å². The number of anilines is 3. The minimum atomic E-state index is -4.51. The standard InChI is InChI=1S/C24H32F3N5O/c1-30(2)18-10-6-16(7-11-18)23(33)28-17-8-12-19(13-9-17)32(5)20-14-21(24(25,26)27)29-22(15-20)31(3)4/h6-7,10-11,14-15,17,19H,8-9,12-13H2,1-5H3,(H,28,33). The number of hydrogen-bond donors (Lipinski definition) is 1. The number of alkyl halides is 3. The summed E-state index contributed by atoms with van der Waals surface area (Å²) in [5.41, 5.74) is 1.25. The van der Waals surface area contributed by atoms with Crippen LogP contribution < -0.4 is 20.0 Å². The van der Waals surface area contributed by atoms with Crippen molar-refractivity contribution in [3.8, 4) is 0 Å². The van der Waals surface area contributed by atoms with Crippen molar-refractivity contribution in [2.24, 2.45) is 0 Å². The zero-order valence-electron chi connectivity index (χ0n) is 19.8. The maximum Gasteiger partial charge on any atom is 0.433 e. The van der Waals surface area contributed by atoms with E-state index in [0.717, 1.165) is 37.4 Å². The molecule has 0 radical (unpaired) electrons. The first-order chi connectivity index (χ1) is 15.5. The molecule has 1 heterocycles. The molecule has 0 saturated heterocycles. The second kappa shape index (κ2) is 9.89. The predicted molar refractivity (Wildman–Crippen MR) is 126 cm³/mol. The largest absolute Gasteiger partial charge is 0.433 e. The smallest absolute Gasteiger partial charge is 0.378 e. The molecule has 1 fully saturated rings. The van der Waals surface area contributed by atoms with Crippen LogP contribution in [0, 0.1) is 0 Å². The SMILES string of the molecule is CN(C)c1ccc(C(=O)NC2CCC(N(C)c3cc(N(C)C)nc(C(F)(F)F)c3)CC2)cc1. The molecule has 1 aliphatic carbocycles. The zero-order chi connectivity index (χ0) is 24.3. The first kappa shape index (κ1) is 24.7. The van der Waals surface area contributed by atoms with E-state index in [1.54, 1.807) is 25.1 Å². The zero-order valence-corrected chi connectivity index (χ0v) is 19.8. The first-order valence-corrected chi connectivity index (χ1v) is 11.0. The van der Waals surface area contributed by atoms with Crippen LogP contribution in [-0.4, -0.2) is 58.2 Å². The van der Waals surface area contributed by atoms with E-state index >= 15 is 0 Å². The summed E-state index contributed by atoms with van der Waals surface area (Å²) in [6.45, 7) is 0. The van der Waals surface area contributed by atoms with Crippen LogP contribution in [0.25, 0.3) is 0 Å². The number of halogens is 3. The summed E-state index contributed by atoms with van der Waals surface area (Å²) in [6, 6.07) is 10.4. The number of aromatic nitrogens is 1. The van der Waals surface area contributed by atoms with Gasteiger partial charge in [-0.3, -0.25) is 4.79 Å². The Bertz CT molecular complexity index is 952. The van der Waals surface area contributed by atoms with Gasteiger partial charge in [0.15, 0.2) is 0 Å². The van der Waals surface area contributed by atoms with E-state index in [-0.39, 0.29) is 23.8 Å². The highest BCUT2D eigenvalue weighted by molar-refractivity contribution is 5.94. The van der Waals surface area contributed by atoms with Crippen molar-refractivity contribution in [2.75, 3.05) is 49.9 Å². The molecular weight excluding hydrogens is 431 g/mol. The molecule has 33 heavy (non-hydrogen) atoms. The highest BCUT2D eigenvalue weighted by atomic mass is 19.4. The average Bonchev–Trinajstić information content (AvgIpc) is 2.78. The van der Waals surface area contributed by atoms with E-state index in [1.807, 2.05) is 55.2 Å². The number of amides is 1. The monoisotopic (exact) mass is 463 g/mol. The molecule has 0 aliphatic heterocycles. The van der Waals surface area contributed by atoms with Crippen molar-refractivity contribution in [3.05, 3.63) is 47.7 Å². The predicted octanol–water partition coefficient (Wildman–Crippen LogP) is 4.41. The van der Waals surface area contributed by atoms with Gasteiger partial charge < -0.3 is 20.0 Å². The Morgan fingerprint density at radius 3 is 2.03 bits per heavy atom. The lowest BCUT2D eigenvalue weighted by Gasteiger charge is -2.36. The fraction of sp³-hybridized carbons (Fsp3) is 0.500. The number of pyridine rings is 1. The Hall–Kier alpha value is -2.97. The number of carbonyl (C=O) groups is 1. The maximum absolute atomic E-state index is 13.3. The van der Waals surface area contributed by atoms with Crippen LogP contribution in [0.1, 0.15) is 41.7 Å².